The molecule has 0 bridgehead atoms. The van der Waals surface area contributed by atoms with Gasteiger partial charge in [-0.05, 0) is 11.5 Å². The number of hydrogen-bond donors (Lipinski definition) is 0. The lowest BCUT2D eigenvalue weighted by Crippen LogP contribution is -2.28. The lowest BCUT2D eigenvalue weighted by molar-refractivity contribution is -0.0499. The summed E-state index contributed by atoms with van der Waals surface area (Å²) < 4.78 is 64.7. The molecule has 130 valence electrons. The Labute approximate surface area is 137 Å². The summed E-state index contributed by atoms with van der Waals surface area (Å²) in [6, 6.07) is 8.57. The van der Waals surface area contributed by atoms with Crippen molar-refractivity contribution in [1.29, 1.82) is 0 Å². The van der Waals surface area contributed by atoms with Gasteiger partial charge in [-0.1, -0.05) is 51.1 Å². The van der Waals surface area contributed by atoms with Crippen LogP contribution < -0.4 is 4.18 Å². The summed E-state index contributed by atoms with van der Waals surface area (Å²) in [6.45, 7) is 4.97. The highest BCUT2D eigenvalue weighted by Crippen LogP contribution is 2.35. The summed E-state index contributed by atoms with van der Waals surface area (Å²) in [4.78, 5) is 12.6. The van der Waals surface area contributed by atoms with Crippen LogP contribution in [-0.4, -0.2) is 19.7 Å². The number of fused-ring (bicyclic) bond motifs is 1. The van der Waals surface area contributed by atoms with E-state index in [1.807, 2.05) is 0 Å². The van der Waals surface area contributed by atoms with Gasteiger partial charge < -0.3 is 4.18 Å². The summed E-state index contributed by atoms with van der Waals surface area (Å²) >= 11 is 0. The van der Waals surface area contributed by atoms with Gasteiger partial charge in [-0.25, -0.2) is 0 Å². The van der Waals surface area contributed by atoms with Gasteiger partial charge in [0.05, 0.1) is 0 Å². The number of benzene rings is 2. The van der Waals surface area contributed by atoms with Crippen molar-refractivity contribution >= 4 is 26.7 Å². The number of carbonyl (C=O) groups excluding carboxylic acids is 1. The lowest BCUT2D eigenvalue weighted by atomic mass is 9.84. The van der Waals surface area contributed by atoms with E-state index in [9.17, 15) is 26.4 Å². The average Bonchev–Trinajstić information content (AvgIpc) is 2.43. The fourth-order valence-electron chi connectivity index (χ4n) is 2.13. The Hall–Kier alpha value is -2.09. The maximum Gasteiger partial charge on any atom is 0.534 e. The molecule has 2 rings (SSSR count). The van der Waals surface area contributed by atoms with E-state index in [0.29, 0.717) is 5.39 Å². The third kappa shape index (κ3) is 3.38. The molecule has 0 heterocycles. The molecule has 0 amide bonds. The second-order valence-electron chi connectivity index (χ2n) is 6.22. The van der Waals surface area contributed by atoms with E-state index in [1.54, 1.807) is 39.0 Å². The van der Waals surface area contributed by atoms with Crippen LogP contribution >= 0.6 is 0 Å². The van der Waals surface area contributed by atoms with Gasteiger partial charge in [0, 0.05) is 16.4 Å². The molecule has 0 spiro atoms. The van der Waals surface area contributed by atoms with Crippen LogP contribution in [0.4, 0.5) is 13.2 Å². The summed E-state index contributed by atoms with van der Waals surface area (Å²) in [6.07, 6.45) is 0. The number of halogens is 3. The molecular weight excluding hydrogens is 345 g/mol. The molecule has 2 aromatic rings. The topological polar surface area (TPSA) is 60.4 Å². The van der Waals surface area contributed by atoms with Crippen LogP contribution in [0.3, 0.4) is 0 Å². The van der Waals surface area contributed by atoms with E-state index >= 15 is 0 Å². The highest BCUT2D eigenvalue weighted by Gasteiger charge is 2.48. The summed E-state index contributed by atoms with van der Waals surface area (Å²) in [5.41, 5.74) is -6.25. The molecule has 0 saturated heterocycles. The van der Waals surface area contributed by atoms with Gasteiger partial charge in [-0.3, -0.25) is 4.79 Å². The van der Waals surface area contributed by atoms with E-state index < -0.39 is 26.8 Å². The van der Waals surface area contributed by atoms with E-state index in [4.69, 9.17) is 0 Å². The number of Topliss-reactive ketones (excluding diaryl/α,β-unsaturated/α-hetero) is 1. The number of ketones is 1. The fourth-order valence-corrected chi connectivity index (χ4v) is 2.60. The molecule has 0 aliphatic rings. The second-order valence-corrected chi connectivity index (χ2v) is 7.76. The zero-order valence-corrected chi connectivity index (χ0v) is 14.0. The van der Waals surface area contributed by atoms with E-state index in [0.717, 1.165) is 6.07 Å². The molecule has 2 aromatic carbocycles. The van der Waals surface area contributed by atoms with E-state index in [1.165, 1.54) is 12.1 Å². The van der Waals surface area contributed by atoms with Crippen LogP contribution in [0.5, 0.6) is 5.75 Å². The van der Waals surface area contributed by atoms with Crippen molar-refractivity contribution in [3.05, 3.63) is 42.0 Å². The maximum absolute atomic E-state index is 12.6. The molecule has 0 fully saturated rings. The van der Waals surface area contributed by atoms with Gasteiger partial charge in [0.15, 0.2) is 11.5 Å². The molecule has 0 aromatic heterocycles. The van der Waals surface area contributed by atoms with Gasteiger partial charge >= 0.3 is 15.6 Å². The van der Waals surface area contributed by atoms with Crippen molar-refractivity contribution in [2.45, 2.75) is 26.3 Å². The van der Waals surface area contributed by atoms with Crippen molar-refractivity contribution in [3.8, 4) is 5.75 Å². The first kappa shape index (κ1) is 18.3. The zero-order chi connectivity index (χ0) is 18.3. The van der Waals surface area contributed by atoms with Crippen molar-refractivity contribution in [2.24, 2.45) is 5.41 Å². The second kappa shape index (κ2) is 5.77. The smallest absolute Gasteiger partial charge is 0.375 e. The molecule has 0 aliphatic heterocycles. The fraction of sp³-hybridized carbons (Fsp3) is 0.312. The van der Waals surface area contributed by atoms with Crippen LogP contribution in [0, 0.1) is 5.41 Å². The number of carbonyl (C=O) groups is 1. The monoisotopic (exact) mass is 360 g/mol. The Kier molecular flexibility index (Phi) is 4.39. The predicted molar refractivity (Wildman–Crippen MR) is 83.3 cm³/mol. The predicted octanol–water partition coefficient (Wildman–Crippen LogP) is 4.30. The highest BCUT2D eigenvalue weighted by molar-refractivity contribution is 7.88. The Morgan fingerprint density at radius 3 is 2.04 bits per heavy atom. The molecule has 0 radical (unpaired) electrons. The molecular formula is C16H15F3O4S. The third-order valence-electron chi connectivity index (χ3n) is 3.28. The van der Waals surface area contributed by atoms with E-state index in [-0.39, 0.29) is 16.7 Å². The van der Waals surface area contributed by atoms with Crippen molar-refractivity contribution in [2.75, 3.05) is 0 Å². The standard InChI is InChI=1S/C16H15F3O4S/c1-15(2,3)14(20)11-8-4-6-10-7-5-9-12(13(10)11)23-24(21,22)16(17,18)19/h4-9H,1-3H3. The van der Waals surface area contributed by atoms with Gasteiger partial charge in [0.25, 0.3) is 0 Å². The van der Waals surface area contributed by atoms with Crippen LogP contribution in [0.2, 0.25) is 0 Å². The molecule has 0 saturated carbocycles. The quantitative estimate of drug-likeness (QED) is 0.465. The molecule has 0 N–H and O–H groups in total. The Morgan fingerprint density at radius 2 is 1.54 bits per heavy atom. The number of alkyl halides is 3. The van der Waals surface area contributed by atoms with Gasteiger partial charge in [0.1, 0.15) is 0 Å². The van der Waals surface area contributed by atoms with Gasteiger partial charge in [0.2, 0.25) is 0 Å². The highest BCUT2D eigenvalue weighted by atomic mass is 32.2. The van der Waals surface area contributed by atoms with Crippen LogP contribution in [0.25, 0.3) is 10.8 Å². The maximum atomic E-state index is 12.6. The molecule has 24 heavy (non-hydrogen) atoms. The molecule has 0 unspecified atom stereocenters. The normalized spacial score (nSPS) is 13.1. The molecule has 4 nitrogen and oxygen atoms in total. The Balaban J connectivity index is 2.71. The Bertz CT molecular complexity index is 888. The Morgan fingerprint density at radius 1 is 1.00 bits per heavy atom. The SMILES string of the molecule is CC(C)(C)C(=O)c1cccc2cccc(OS(=O)(=O)C(F)(F)F)c12. The minimum Gasteiger partial charge on any atom is -0.375 e. The molecule has 0 aliphatic carbocycles. The van der Waals surface area contributed by atoms with Crippen molar-refractivity contribution in [1.82, 2.24) is 0 Å². The summed E-state index contributed by atoms with van der Waals surface area (Å²) in [5.74, 6) is -0.869. The largest absolute Gasteiger partial charge is 0.534 e. The van der Waals surface area contributed by atoms with Gasteiger partial charge in [-0.2, -0.15) is 21.6 Å². The summed E-state index contributed by atoms with van der Waals surface area (Å²) in [5, 5.41) is 0.438. The number of rotatable bonds is 3. The van der Waals surface area contributed by atoms with E-state index in [2.05, 4.69) is 4.18 Å². The van der Waals surface area contributed by atoms with Gasteiger partial charge in [-0.15, -0.1) is 0 Å². The molecule has 0 atom stereocenters. The minimum atomic E-state index is -5.83. The third-order valence-corrected chi connectivity index (χ3v) is 4.24. The van der Waals surface area contributed by atoms with Crippen LogP contribution in [-0.2, 0) is 10.1 Å². The van der Waals surface area contributed by atoms with Crippen LogP contribution in [0.15, 0.2) is 36.4 Å². The first-order valence-electron chi connectivity index (χ1n) is 6.92. The number of hydrogen-bond acceptors (Lipinski definition) is 4. The summed E-state index contributed by atoms with van der Waals surface area (Å²) in [7, 11) is -5.83. The minimum absolute atomic E-state index is 0.0350. The first-order chi connectivity index (χ1) is 10.8. The molecule has 8 heteroatoms. The van der Waals surface area contributed by atoms with Crippen LogP contribution in [0.1, 0.15) is 31.1 Å². The zero-order valence-electron chi connectivity index (χ0n) is 13.1. The first-order valence-corrected chi connectivity index (χ1v) is 8.33. The lowest BCUT2D eigenvalue weighted by Gasteiger charge is -2.19. The van der Waals surface area contributed by atoms with Crippen molar-refractivity contribution < 1.29 is 30.6 Å². The van der Waals surface area contributed by atoms with Crippen molar-refractivity contribution in [3.63, 3.8) is 0 Å². The average molecular weight is 360 g/mol.